The minimum Gasteiger partial charge on any atom is -0.483 e. The SMILES string of the molecule is N/C(CC(O)COC1=C=Cc2ccccc21)=N\O. The fourth-order valence-corrected chi connectivity index (χ4v) is 1.69. The molecule has 0 spiro atoms. The second-order valence-electron chi connectivity index (χ2n) is 3.97. The van der Waals surface area contributed by atoms with Crippen molar-refractivity contribution in [2.45, 2.75) is 12.5 Å². The largest absolute Gasteiger partial charge is 0.483 e. The van der Waals surface area contributed by atoms with E-state index in [-0.39, 0.29) is 18.9 Å². The van der Waals surface area contributed by atoms with Gasteiger partial charge in [0.25, 0.3) is 0 Å². The summed E-state index contributed by atoms with van der Waals surface area (Å²) in [6.07, 6.45) is 1.08. The maximum atomic E-state index is 9.61. The highest BCUT2D eigenvalue weighted by Crippen LogP contribution is 2.25. The van der Waals surface area contributed by atoms with E-state index in [0.29, 0.717) is 5.76 Å². The summed E-state index contributed by atoms with van der Waals surface area (Å²) >= 11 is 0. The Bertz CT molecular complexity index is 531. The lowest BCUT2D eigenvalue weighted by Crippen LogP contribution is -2.24. The molecule has 5 heteroatoms. The van der Waals surface area contributed by atoms with Crippen LogP contribution in [0.2, 0.25) is 0 Å². The Balaban J connectivity index is 1.91. The number of fused-ring (bicyclic) bond motifs is 1. The Kier molecular flexibility index (Phi) is 3.67. The minimum absolute atomic E-state index is 0.0255. The first kappa shape index (κ1) is 12.2. The van der Waals surface area contributed by atoms with E-state index in [9.17, 15) is 5.11 Å². The highest BCUT2D eigenvalue weighted by atomic mass is 16.5. The molecule has 0 bridgehead atoms. The van der Waals surface area contributed by atoms with Crippen molar-refractivity contribution in [3.8, 4) is 0 Å². The summed E-state index contributed by atoms with van der Waals surface area (Å²) in [6.45, 7) is 0.0702. The van der Waals surface area contributed by atoms with Gasteiger partial charge >= 0.3 is 0 Å². The first-order valence-electron chi connectivity index (χ1n) is 5.54. The number of hydrogen-bond acceptors (Lipinski definition) is 4. The standard InChI is InChI=1S/C13H14N2O3/c14-13(15-17)7-10(16)8-18-12-6-5-9-3-1-2-4-11(9)12/h1-5,10,16-17H,7-8H2,(H2,14,15). The van der Waals surface area contributed by atoms with E-state index in [4.69, 9.17) is 15.7 Å². The predicted octanol–water partition coefficient (Wildman–Crippen LogP) is 1.17. The molecular formula is C13H14N2O3. The van der Waals surface area contributed by atoms with Gasteiger partial charge in [-0.3, -0.25) is 0 Å². The number of aliphatic hydroxyl groups excluding tert-OH is 1. The number of hydrogen-bond donors (Lipinski definition) is 3. The average Bonchev–Trinajstić information content (AvgIpc) is 2.79. The van der Waals surface area contributed by atoms with Crippen LogP contribution in [0.25, 0.3) is 11.8 Å². The number of benzene rings is 1. The van der Waals surface area contributed by atoms with E-state index in [1.807, 2.05) is 30.3 Å². The highest BCUT2D eigenvalue weighted by molar-refractivity contribution is 5.80. The molecule has 1 aromatic carbocycles. The number of aliphatic hydroxyl groups is 1. The summed E-state index contributed by atoms with van der Waals surface area (Å²) in [7, 11) is 0. The van der Waals surface area contributed by atoms with Gasteiger partial charge in [-0.1, -0.05) is 29.1 Å². The van der Waals surface area contributed by atoms with Gasteiger partial charge in [0.2, 0.25) is 0 Å². The van der Waals surface area contributed by atoms with Crippen LogP contribution in [-0.2, 0) is 4.74 Å². The molecule has 1 unspecified atom stereocenters. The molecule has 0 fully saturated rings. The zero-order valence-corrected chi connectivity index (χ0v) is 9.71. The molecule has 0 saturated heterocycles. The molecule has 0 aromatic heterocycles. The molecule has 18 heavy (non-hydrogen) atoms. The van der Waals surface area contributed by atoms with Crippen molar-refractivity contribution in [1.29, 1.82) is 0 Å². The lowest BCUT2D eigenvalue weighted by molar-refractivity contribution is 0.0983. The van der Waals surface area contributed by atoms with Gasteiger partial charge in [-0.05, 0) is 17.7 Å². The van der Waals surface area contributed by atoms with Gasteiger partial charge in [0, 0.05) is 12.0 Å². The second-order valence-corrected chi connectivity index (χ2v) is 3.97. The fourth-order valence-electron chi connectivity index (χ4n) is 1.69. The Hall–Kier alpha value is -2.23. The molecule has 94 valence electrons. The average molecular weight is 246 g/mol. The van der Waals surface area contributed by atoms with Crippen LogP contribution in [0.3, 0.4) is 0 Å². The van der Waals surface area contributed by atoms with Crippen molar-refractivity contribution in [2.75, 3.05) is 6.61 Å². The maximum Gasteiger partial charge on any atom is 0.170 e. The van der Waals surface area contributed by atoms with Crippen molar-refractivity contribution in [3.05, 3.63) is 41.1 Å². The number of ether oxygens (including phenoxy) is 1. The first-order chi connectivity index (χ1) is 8.70. The smallest absolute Gasteiger partial charge is 0.170 e. The van der Waals surface area contributed by atoms with Crippen LogP contribution in [0.1, 0.15) is 17.5 Å². The van der Waals surface area contributed by atoms with Crippen LogP contribution >= 0.6 is 0 Å². The van der Waals surface area contributed by atoms with E-state index in [1.54, 1.807) is 0 Å². The topological polar surface area (TPSA) is 88.1 Å². The molecule has 0 amide bonds. The van der Waals surface area contributed by atoms with Crippen molar-refractivity contribution in [3.63, 3.8) is 0 Å². The zero-order valence-electron chi connectivity index (χ0n) is 9.71. The van der Waals surface area contributed by atoms with Gasteiger partial charge in [0.1, 0.15) is 12.4 Å². The van der Waals surface area contributed by atoms with Crippen molar-refractivity contribution < 1.29 is 15.1 Å². The maximum absolute atomic E-state index is 9.61. The van der Waals surface area contributed by atoms with Crippen LogP contribution in [0.15, 0.2) is 35.2 Å². The molecular weight excluding hydrogens is 232 g/mol. The lowest BCUT2D eigenvalue weighted by Gasteiger charge is -2.12. The predicted molar refractivity (Wildman–Crippen MR) is 67.8 cm³/mol. The Labute approximate surface area is 104 Å². The van der Waals surface area contributed by atoms with Crippen LogP contribution in [-0.4, -0.2) is 28.9 Å². The molecule has 1 aliphatic rings. The van der Waals surface area contributed by atoms with Crippen molar-refractivity contribution in [2.24, 2.45) is 10.9 Å². The number of nitrogens with two attached hydrogens (primary N) is 1. The third-order valence-electron chi connectivity index (χ3n) is 2.56. The second kappa shape index (κ2) is 5.40. The van der Waals surface area contributed by atoms with Gasteiger partial charge in [-0.2, -0.15) is 0 Å². The van der Waals surface area contributed by atoms with E-state index >= 15 is 0 Å². The lowest BCUT2D eigenvalue weighted by atomic mass is 10.1. The van der Waals surface area contributed by atoms with Crippen molar-refractivity contribution in [1.82, 2.24) is 0 Å². The number of nitrogens with zero attached hydrogens (tertiary/aromatic N) is 1. The summed E-state index contributed by atoms with van der Waals surface area (Å²) in [5, 5.41) is 20.8. The number of rotatable bonds is 5. The number of amidine groups is 1. The fraction of sp³-hybridized carbons (Fsp3) is 0.231. The molecule has 1 aromatic rings. The quantitative estimate of drug-likeness (QED) is 0.239. The monoisotopic (exact) mass is 246 g/mol. The Morgan fingerprint density at radius 2 is 2.22 bits per heavy atom. The van der Waals surface area contributed by atoms with E-state index in [2.05, 4.69) is 10.9 Å². The van der Waals surface area contributed by atoms with E-state index in [0.717, 1.165) is 11.1 Å². The van der Waals surface area contributed by atoms with Crippen LogP contribution in [0, 0.1) is 0 Å². The third-order valence-corrected chi connectivity index (χ3v) is 2.56. The van der Waals surface area contributed by atoms with Crippen LogP contribution < -0.4 is 5.73 Å². The van der Waals surface area contributed by atoms with Gasteiger partial charge < -0.3 is 20.8 Å². The van der Waals surface area contributed by atoms with Gasteiger partial charge in [-0.15, -0.1) is 0 Å². The van der Waals surface area contributed by atoms with E-state index < -0.39 is 6.10 Å². The molecule has 0 saturated carbocycles. The summed E-state index contributed by atoms with van der Waals surface area (Å²) in [5.74, 6) is 0.576. The molecule has 5 nitrogen and oxygen atoms in total. The first-order valence-corrected chi connectivity index (χ1v) is 5.54. The molecule has 2 rings (SSSR count). The number of oxime groups is 1. The Morgan fingerprint density at radius 3 is 3.00 bits per heavy atom. The summed E-state index contributed by atoms with van der Waals surface area (Å²) in [5.41, 5.74) is 10.3. The molecule has 1 aliphatic carbocycles. The molecule has 0 aliphatic heterocycles. The normalized spacial score (nSPS) is 15.2. The summed E-state index contributed by atoms with van der Waals surface area (Å²) in [4.78, 5) is 0. The molecule has 1 atom stereocenters. The molecule has 0 radical (unpaired) electrons. The van der Waals surface area contributed by atoms with Crippen LogP contribution in [0.4, 0.5) is 0 Å². The zero-order chi connectivity index (χ0) is 13.0. The van der Waals surface area contributed by atoms with Gasteiger partial charge in [-0.25, -0.2) is 0 Å². The van der Waals surface area contributed by atoms with Crippen molar-refractivity contribution >= 4 is 17.7 Å². The summed E-state index contributed by atoms with van der Waals surface area (Å²) < 4.78 is 5.47. The van der Waals surface area contributed by atoms with E-state index in [1.165, 1.54) is 0 Å². The summed E-state index contributed by atoms with van der Waals surface area (Å²) in [6, 6.07) is 7.74. The minimum atomic E-state index is -0.817. The van der Waals surface area contributed by atoms with Gasteiger partial charge in [0.05, 0.1) is 6.10 Å². The third kappa shape index (κ3) is 2.71. The Morgan fingerprint density at radius 1 is 1.44 bits per heavy atom. The van der Waals surface area contributed by atoms with Crippen LogP contribution in [0.5, 0.6) is 0 Å². The highest BCUT2D eigenvalue weighted by Gasteiger charge is 2.14. The van der Waals surface area contributed by atoms with Gasteiger partial charge in [0.15, 0.2) is 5.76 Å². The molecule has 0 heterocycles. The molecule has 4 N–H and O–H groups in total.